The highest BCUT2D eigenvalue weighted by Crippen LogP contribution is 2.09. The van der Waals surface area contributed by atoms with E-state index in [-0.39, 0.29) is 16.3 Å². The van der Waals surface area contributed by atoms with Gasteiger partial charge < -0.3 is 5.73 Å². The van der Waals surface area contributed by atoms with Gasteiger partial charge in [-0.1, -0.05) is 18.2 Å². The van der Waals surface area contributed by atoms with Crippen LogP contribution >= 0.6 is 11.6 Å². The van der Waals surface area contributed by atoms with E-state index in [0.29, 0.717) is 5.03 Å². The zero-order chi connectivity index (χ0) is 12.9. The standard InChI is InChI=1S/C9H14ClN3O2S/c1-4-8(10)5-13-9(11)6(2)7(3)16(12,14)15/h4-5H,1H2,2-3H3,(H2,11,13)(H2,12,14,15)/b7-6+,8-5+. The highest BCUT2D eigenvalue weighted by atomic mass is 35.5. The van der Waals surface area contributed by atoms with Crippen molar-refractivity contribution in [2.45, 2.75) is 13.8 Å². The van der Waals surface area contributed by atoms with Gasteiger partial charge in [-0.2, -0.15) is 0 Å². The van der Waals surface area contributed by atoms with E-state index >= 15 is 0 Å². The minimum Gasteiger partial charge on any atom is -0.383 e. The van der Waals surface area contributed by atoms with Gasteiger partial charge in [0.1, 0.15) is 5.84 Å². The zero-order valence-corrected chi connectivity index (χ0v) is 10.6. The molecule has 5 nitrogen and oxygen atoms in total. The van der Waals surface area contributed by atoms with Gasteiger partial charge in [0.25, 0.3) is 0 Å². The maximum Gasteiger partial charge on any atom is 0.234 e. The van der Waals surface area contributed by atoms with Gasteiger partial charge >= 0.3 is 0 Å². The summed E-state index contributed by atoms with van der Waals surface area (Å²) in [4.78, 5) is 3.75. The smallest absolute Gasteiger partial charge is 0.234 e. The van der Waals surface area contributed by atoms with Gasteiger partial charge in [0.15, 0.2) is 0 Å². The molecule has 16 heavy (non-hydrogen) atoms. The number of amidine groups is 1. The van der Waals surface area contributed by atoms with E-state index in [0.717, 1.165) is 0 Å². The number of hydrogen-bond donors (Lipinski definition) is 2. The van der Waals surface area contributed by atoms with Crippen LogP contribution in [0.2, 0.25) is 0 Å². The number of halogens is 1. The van der Waals surface area contributed by atoms with Gasteiger partial charge in [-0.15, -0.1) is 0 Å². The first-order valence-electron chi connectivity index (χ1n) is 4.22. The molecule has 0 aromatic rings. The first-order valence-corrected chi connectivity index (χ1v) is 6.14. The van der Waals surface area contributed by atoms with E-state index in [2.05, 4.69) is 11.6 Å². The molecule has 0 aliphatic heterocycles. The Labute approximate surface area is 100 Å². The molecule has 0 bridgehead atoms. The third kappa shape index (κ3) is 4.61. The molecule has 4 N–H and O–H groups in total. The van der Waals surface area contributed by atoms with Gasteiger partial charge in [0.2, 0.25) is 10.0 Å². The topological polar surface area (TPSA) is 98.5 Å². The summed E-state index contributed by atoms with van der Waals surface area (Å²) in [5.41, 5.74) is 5.84. The molecular formula is C9H14ClN3O2S. The maximum atomic E-state index is 11.0. The SMILES string of the molecule is C=C\C(Cl)=C/N=C(N)/C(C)=C(\C)S(N)(=O)=O. The fraction of sp³-hybridized carbons (Fsp3) is 0.222. The molecule has 0 heterocycles. The summed E-state index contributed by atoms with van der Waals surface area (Å²) in [6.07, 6.45) is 2.65. The van der Waals surface area contributed by atoms with Crippen molar-refractivity contribution >= 4 is 27.5 Å². The third-order valence-electron chi connectivity index (χ3n) is 1.86. The molecule has 0 unspecified atom stereocenters. The predicted octanol–water partition coefficient (Wildman–Crippen LogP) is 1.19. The molecule has 0 aliphatic rings. The van der Waals surface area contributed by atoms with Crippen LogP contribution in [0.1, 0.15) is 13.8 Å². The van der Waals surface area contributed by atoms with Crippen LogP contribution in [0.25, 0.3) is 0 Å². The fourth-order valence-corrected chi connectivity index (χ4v) is 1.25. The number of nitrogens with two attached hydrogens (primary N) is 2. The van der Waals surface area contributed by atoms with Crippen molar-refractivity contribution in [1.29, 1.82) is 0 Å². The molecule has 0 spiro atoms. The van der Waals surface area contributed by atoms with Crippen molar-refractivity contribution < 1.29 is 8.42 Å². The zero-order valence-electron chi connectivity index (χ0n) is 9.07. The molecule has 0 aliphatic carbocycles. The van der Waals surface area contributed by atoms with Crippen molar-refractivity contribution in [2.75, 3.05) is 0 Å². The van der Waals surface area contributed by atoms with Gasteiger partial charge in [0.05, 0.1) is 9.94 Å². The highest BCUT2D eigenvalue weighted by molar-refractivity contribution is 7.93. The number of sulfonamides is 1. The average molecular weight is 264 g/mol. The summed E-state index contributed by atoms with van der Waals surface area (Å²) in [6.45, 7) is 6.28. The number of hydrogen-bond acceptors (Lipinski definition) is 3. The Balaban J connectivity index is 5.31. The van der Waals surface area contributed by atoms with Crippen molar-refractivity contribution in [3.63, 3.8) is 0 Å². The molecule has 0 saturated carbocycles. The molecule has 0 saturated heterocycles. The molecule has 90 valence electrons. The summed E-state index contributed by atoms with van der Waals surface area (Å²) in [7, 11) is -3.75. The molecule has 0 rings (SSSR count). The Bertz CT molecular complexity index is 475. The van der Waals surface area contributed by atoms with Crippen LogP contribution in [0, 0.1) is 0 Å². The van der Waals surface area contributed by atoms with Gasteiger partial charge in [-0.05, 0) is 19.9 Å². The van der Waals surface area contributed by atoms with Crippen LogP contribution in [0.4, 0.5) is 0 Å². The van der Waals surface area contributed by atoms with Crippen LogP contribution < -0.4 is 10.9 Å². The second kappa shape index (κ2) is 5.83. The summed E-state index contributed by atoms with van der Waals surface area (Å²) < 4.78 is 22.0. The second-order valence-electron chi connectivity index (χ2n) is 2.96. The minimum absolute atomic E-state index is 0.0307. The van der Waals surface area contributed by atoms with E-state index in [1.54, 1.807) is 0 Å². The van der Waals surface area contributed by atoms with Crippen molar-refractivity contribution in [1.82, 2.24) is 0 Å². The van der Waals surface area contributed by atoms with Crippen molar-refractivity contribution in [3.05, 3.63) is 34.4 Å². The molecule has 0 amide bonds. The Hall–Kier alpha value is -1.11. The average Bonchev–Trinajstić information content (AvgIpc) is 2.21. The number of aliphatic imine (C=N–C) groups is 1. The fourth-order valence-electron chi connectivity index (χ4n) is 0.674. The molecule has 0 atom stereocenters. The largest absolute Gasteiger partial charge is 0.383 e. The number of allylic oxidation sites excluding steroid dienone is 3. The van der Waals surface area contributed by atoms with Gasteiger partial charge in [0, 0.05) is 11.8 Å². The van der Waals surface area contributed by atoms with Crippen molar-refractivity contribution in [2.24, 2.45) is 15.9 Å². The summed E-state index contributed by atoms with van der Waals surface area (Å²) in [6, 6.07) is 0. The lowest BCUT2D eigenvalue weighted by Crippen LogP contribution is -2.20. The van der Waals surface area contributed by atoms with Crippen LogP contribution in [-0.4, -0.2) is 14.3 Å². The Morgan fingerprint density at radius 1 is 1.44 bits per heavy atom. The van der Waals surface area contributed by atoms with Crippen molar-refractivity contribution in [3.8, 4) is 0 Å². The number of rotatable bonds is 4. The van der Waals surface area contributed by atoms with E-state index in [9.17, 15) is 8.42 Å². The minimum atomic E-state index is -3.75. The van der Waals surface area contributed by atoms with E-state index in [4.69, 9.17) is 22.5 Å². The van der Waals surface area contributed by atoms with E-state index < -0.39 is 10.0 Å². The van der Waals surface area contributed by atoms with Crippen LogP contribution in [0.15, 0.2) is 39.4 Å². The molecule has 0 aromatic carbocycles. The van der Waals surface area contributed by atoms with Crippen LogP contribution in [-0.2, 0) is 10.0 Å². The van der Waals surface area contributed by atoms with Gasteiger partial charge in [-0.3, -0.25) is 0 Å². The summed E-state index contributed by atoms with van der Waals surface area (Å²) in [5.74, 6) is 0.0338. The lowest BCUT2D eigenvalue weighted by molar-refractivity contribution is 0.603. The lowest BCUT2D eigenvalue weighted by Gasteiger charge is -2.04. The van der Waals surface area contributed by atoms with E-state index in [1.165, 1.54) is 26.1 Å². The quantitative estimate of drug-likeness (QED) is 0.453. The second-order valence-corrected chi connectivity index (χ2v) is 5.10. The molecule has 7 heteroatoms. The Kier molecular flexibility index (Phi) is 5.43. The predicted molar refractivity (Wildman–Crippen MR) is 67.2 cm³/mol. The molecule has 0 fully saturated rings. The first-order chi connectivity index (χ1) is 7.20. The highest BCUT2D eigenvalue weighted by Gasteiger charge is 2.11. The first kappa shape index (κ1) is 14.9. The van der Waals surface area contributed by atoms with Crippen LogP contribution in [0.5, 0.6) is 0 Å². The monoisotopic (exact) mass is 263 g/mol. The summed E-state index contributed by atoms with van der Waals surface area (Å²) >= 11 is 5.60. The van der Waals surface area contributed by atoms with E-state index in [1.807, 2.05) is 0 Å². The summed E-state index contributed by atoms with van der Waals surface area (Å²) in [5, 5.41) is 5.24. The molecular weight excluding hydrogens is 250 g/mol. The Morgan fingerprint density at radius 2 is 1.94 bits per heavy atom. The normalized spacial score (nSPS) is 15.8. The van der Waals surface area contributed by atoms with Crippen LogP contribution in [0.3, 0.4) is 0 Å². The lowest BCUT2D eigenvalue weighted by atomic mass is 10.3. The molecule has 0 radical (unpaired) electrons. The van der Waals surface area contributed by atoms with Gasteiger partial charge in [-0.25, -0.2) is 18.5 Å². The molecule has 0 aromatic heterocycles. The maximum absolute atomic E-state index is 11.0. The number of primary sulfonamides is 1. The Morgan fingerprint density at radius 3 is 2.31 bits per heavy atom. The third-order valence-corrected chi connectivity index (χ3v) is 3.27. The number of nitrogens with zero attached hydrogens (tertiary/aromatic N) is 1.